The molecule has 0 aliphatic heterocycles. The highest BCUT2D eigenvalue weighted by atomic mass is 79.9. The Kier molecular flexibility index (Phi) is 3.33. The summed E-state index contributed by atoms with van der Waals surface area (Å²) >= 11 is 3.53. The lowest BCUT2D eigenvalue weighted by atomic mass is 10.2. The van der Waals surface area contributed by atoms with Crippen LogP contribution in [0.1, 0.15) is 5.69 Å². The smallest absolute Gasteiger partial charge is 0.181 e. The highest BCUT2D eigenvalue weighted by molar-refractivity contribution is 9.10. The number of nitrogens with zero attached hydrogens (tertiary/aromatic N) is 3. The van der Waals surface area contributed by atoms with E-state index >= 15 is 0 Å². The van der Waals surface area contributed by atoms with E-state index in [-0.39, 0.29) is 0 Å². The monoisotopic (exact) mass is 329 g/mol. The van der Waals surface area contributed by atoms with E-state index in [1.807, 2.05) is 37.3 Å². The number of benzene rings is 1. The summed E-state index contributed by atoms with van der Waals surface area (Å²) in [7, 11) is 0. The van der Waals surface area contributed by atoms with Gasteiger partial charge in [-0.2, -0.15) is 0 Å². The number of hydrogen-bond donors (Lipinski definition) is 2. The molecule has 0 fully saturated rings. The van der Waals surface area contributed by atoms with E-state index in [1.165, 1.54) is 0 Å². The van der Waals surface area contributed by atoms with Crippen molar-refractivity contribution in [3.63, 3.8) is 0 Å². The zero-order valence-electron chi connectivity index (χ0n) is 10.8. The minimum absolute atomic E-state index is 0.538. The fourth-order valence-corrected chi connectivity index (χ4v) is 2.51. The maximum absolute atomic E-state index is 5.42. The predicted molar refractivity (Wildman–Crippen MR) is 83.0 cm³/mol. The molecule has 1 aromatic carbocycles. The van der Waals surface area contributed by atoms with Crippen LogP contribution in [0, 0.1) is 6.92 Å². The highest BCUT2D eigenvalue weighted by Crippen LogP contribution is 2.28. The summed E-state index contributed by atoms with van der Waals surface area (Å²) in [4.78, 5) is 13.4. The first kappa shape index (κ1) is 13.0. The number of hydrogen-bond acceptors (Lipinski definition) is 5. The number of fused-ring (bicyclic) bond motifs is 1. The molecule has 5 nitrogen and oxygen atoms in total. The molecule has 0 spiro atoms. The third kappa shape index (κ3) is 2.35. The van der Waals surface area contributed by atoms with Crippen molar-refractivity contribution in [3.05, 3.63) is 46.6 Å². The van der Waals surface area contributed by atoms with Crippen molar-refractivity contribution in [2.24, 2.45) is 5.84 Å². The number of aromatic nitrogens is 3. The molecular formula is C14H12BrN5. The molecule has 0 aliphatic rings. The molecule has 100 valence electrons. The Morgan fingerprint density at radius 3 is 2.70 bits per heavy atom. The summed E-state index contributed by atoms with van der Waals surface area (Å²) < 4.78 is 0.852. The summed E-state index contributed by atoms with van der Waals surface area (Å²) in [6.07, 6.45) is 0. The van der Waals surface area contributed by atoms with Gasteiger partial charge in [-0.05, 0) is 35.0 Å². The number of halogens is 1. The number of nitrogens with two attached hydrogens (primary N) is 1. The maximum atomic E-state index is 5.42. The molecule has 0 unspecified atom stereocenters. The Hall–Kier alpha value is -2.05. The molecule has 20 heavy (non-hydrogen) atoms. The molecule has 3 rings (SSSR count). The van der Waals surface area contributed by atoms with Gasteiger partial charge in [-0.3, -0.25) is 0 Å². The molecule has 3 aromatic rings. The fraction of sp³-hybridized carbons (Fsp3) is 0.0714. The van der Waals surface area contributed by atoms with Crippen LogP contribution >= 0.6 is 15.9 Å². The van der Waals surface area contributed by atoms with Gasteiger partial charge in [0.2, 0.25) is 0 Å². The fourth-order valence-electron chi connectivity index (χ4n) is 2.00. The van der Waals surface area contributed by atoms with Gasteiger partial charge in [0.1, 0.15) is 11.5 Å². The number of para-hydroxylation sites is 1. The summed E-state index contributed by atoms with van der Waals surface area (Å²) in [6, 6.07) is 11.7. The lowest BCUT2D eigenvalue weighted by Crippen LogP contribution is -2.10. The zero-order valence-corrected chi connectivity index (χ0v) is 12.3. The van der Waals surface area contributed by atoms with Crippen molar-refractivity contribution in [2.75, 3.05) is 5.43 Å². The van der Waals surface area contributed by atoms with E-state index in [4.69, 9.17) is 5.84 Å². The van der Waals surface area contributed by atoms with E-state index in [2.05, 4.69) is 36.3 Å². The number of pyridine rings is 1. The summed E-state index contributed by atoms with van der Waals surface area (Å²) in [6.45, 7) is 1.89. The van der Waals surface area contributed by atoms with Gasteiger partial charge in [-0.1, -0.05) is 18.2 Å². The molecule has 0 bridgehead atoms. The van der Waals surface area contributed by atoms with Gasteiger partial charge in [0.15, 0.2) is 5.82 Å². The number of nitrogens with one attached hydrogen (secondary N) is 1. The molecule has 2 heterocycles. The number of rotatable bonds is 2. The van der Waals surface area contributed by atoms with Crippen molar-refractivity contribution < 1.29 is 0 Å². The highest BCUT2D eigenvalue weighted by Gasteiger charge is 2.11. The van der Waals surface area contributed by atoms with E-state index in [9.17, 15) is 0 Å². The third-order valence-corrected chi connectivity index (χ3v) is 3.50. The molecule has 0 aliphatic carbocycles. The number of hydrazine groups is 1. The SMILES string of the molecule is Cc1cc(NN)nc(-c2nc3ccccc3cc2Br)n1. The second-order valence-corrected chi connectivity index (χ2v) is 5.23. The molecule has 0 amide bonds. The minimum Gasteiger partial charge on any atom is -0.308 e. The van der Waals surface area contributed by atoms with E-state index < -0.39 is 0 Å². The average molecular weight is 330 g/mol. The first-order valence-corrected chi connectivity index (χ1v) is 6.84. The van der Waals surface area contributed by atoms with Crippen LogP contribution in [0.4, 0.5) is 5.82 Å². The van der Waals surface area contributed by atoms with Crippen LogP contribution in [0.2, 0.25) is 0 Å². The van der Waals surface area contributed by atoms with E-state index in [0.29, 0.717) is 17.3 Å². The quantitative estimate of drug-likeness (QED) is 0.558. The standard InChI is InChI=1S/C14H12BrN5/c1-8-6-12(20-16)19-14(17-8)13-10(15)7-9-4-2-3-5-11(9)18-13/h2-7H,16H2,1H3,(H,17,19,20). The minimum atomic E-state index is 0.538. The van der Waals surface area contributed by atoms with Crippen LogP contribution in [0.3, 0.4) is 0 Å². The van der Waals surface area contributed by atoms with Gasteiger partial charge in [0.25, 0.3) is 0 Å². The summed E-state index contributed by atoms with van der Waals surface area (Å²) in [5.41, 5.74) is 4.96. The first-order chi connectivity index (χ1) is 9.67. The second-order valence-electron chi connectivity index (χ2n) is 4.37. The van der Waals surface area contributed by atoms with Crippen LogP contribution in [0.15, 0.2) is 40.9 Å². The Bertz CT molecular complexity index is 788. The van der Waals surface area contributed by atoms with Crippen LogP contribution < -0.4 is 11.3 Å². The van der Waals surface area contributed by atoms with Crippen LogP contribution in [-0.2, 0) is 0 Å². The molecule has 0 saturated carbocycles. The molecule has 0 radical (unpaired) electrons. The molecular weight excluding hydrogens is 318 g/mol. The Balaban J connectivity index is 2.23. The van der Waals surface area contributed by atoms with Crippen molar-refractivity contribution in [1.29, 1.82) is 0 Å². The number of nitrogen functional groups attached to an aromatic ring is 1. The van der Waals surface area contributed by atoms with Gasteiger partial charge in [0, 0.05) is 21.6 Å². The average Bonchev–Trinajstić information content (AvgIpc) is 2.45. The first-order valence-electron chi connectivity index (χ1n) is 6.05. The largest absolute Gasteiger partial charge is 0.308 e. The molecule has 3 N–H and O–H groups in total. The van der Waals surface area contributed by atoms with Crippen LogP contribution in [-0.4, -0.2) is 15.0 Å². The van der Waals surface area contributed by atoms with Gasteiger partial charge in [0.05, 0.1) is 5.52 Å². The molecule has 0 atom stereocenters. The lowest BCUT2D eigenvalue weighted by molar-refractivity contribution is 1.08. The van der Waals surface area contributed by atoms with Crippen molar-refractivity contribution in [1.82, 2.24) is 15.0 Å². The molecule has 2 aromatic heterocycles. The zero-order chi connectivity index (χ0) is 14.1. The predicted octanol–water partition coefficient (Wildman–Crippen LogP) is 3.05. The van der Waals surface area contributed by atoms with Crippen molar-refractivity contribution in [2.45, 2.75) is 6.92 Å². The Morgan fingerprint density at radius 1 is 1.10 bits per heavy atom. The van der Waals surface area contributed by atoms with E-state index in [0.717, 1.165) is 21.1 Å². The van der Waals surface area contributed by atoms with Crippen LogP contribution in [0.25, 0.3) is 22.4 Å². The molecule has 6 heteroatoms. The van der Waals surface area contributed by atoms with Gasteiger partial charge >= 0.3 is 0 Å². The van der Waals surface area contributed by atoms with Gasteiger partial charge in [-0.25, -0.2) is 20.8 Å². The lowest BCUT2D eigenvalue weighted by Gasteiger charge is -2.08. The summed E-state index contributed by atoms with van der Waals surface area (Å²) in [5.74, 6) is 6.52. The topological polar surface area (TPSA) is 76.7 Å². The Morgan fingerprint density at radius 2 is 1.90 bits per heavy atom. The van der Waals surface area contributed by atoms with Crippen molar-refractivity contribution in [3.8, 4) is 11.5 Å². The van der Waals surface area contributed by atoms with Crippen LogP contribution in [0.5, 0.6) is 0 Å². The maximum Gasteiger partial charge on any atom is 0.181 e. The normalized spacial score (nSPS) is 10.8. The second kappa shape index (κ2) is 5.15. The Labute approximate surface area is 124 Å². The van der Waals surface area contributed by atoms with E-state index in [1.54, 1.807) is 6.07 Å². The third-order valence-electron chi connectivity index (χ3n) is 2.89. The van der Waals surface area contributed by atoms with Gasteiger partial charge in [-0.15, -0.1) is 0 Å². The van der Waals surface area contributed by atoms with Gasteiger partial charge < -0.3 is 5.43 Å². The number of anilines is 1. The molecule has 0 saturated heterocycles. The number of aryl methyl sites for hydroxylation is 1. The van der Waals surface area contributed by atoms with Crippen molar-refractivity contribution >= 4 is 32.7 Å². The summed E-state index contributed by atoms with van der Waals surface area (Å²) in [5, 5.41) is 1.06.